The summed E-state index contributed by atoms with van der Waals surface area (Å²) < 4.78 is 0. The van der Waals surface area contributed by atoms with Crippen molar-refractivity contribution >= 4 is 5.91 Å². The summed E-state index contributed by atoms with van der Waals surface area (Å²) in [5.74, 6) is 0.0969. The van der Waals surface area contributed by atoms with Gasteiger partial charge in [-0.25, -0.2) is 0 Å². The number of hydrogen-bond donors (Lipinski definition) is 2. The first-order valence-electron chi connectivity index (χ1n) is 6.65. The molecule has 3 nitrogen and oxygen atoms in total. The van der Waals surface area contributed by atoms with Crippen LogP contribution in [-0.4, -0.2) is 17.6 Å². The molecule has 18 heavy (non-hydrogen) atoms. The standard InChI is InChI=1S/C15H21NO2/c1-3-15(8-5-9-15)10-16-14(18)12-6-4-7-13(17)11(12)2/h4,6-7,17H,3,5,8-10H2,1-2H3,(H,16,18). The summed E-state index contributed by atoms with van der Waals surface area (Å²) in [6, 6.07) is 5.06. The molecule has 0 radical (unpaired) electrons. The third-order valence-corrected chi connectivity index (χ3v) is 4.34. The average Bonchev–Trinajstić information content (AvgIpc) is 2.31. The van der Waals surface area contributed by atoms with E-state index in [0.717, 1.165) is 13.0 Å². The minimum absolute atomic E-state index is 0.0804. The van der Waals surface area contributed by atoms with Crippen LogP contribution in [0, 0.1) is 12.3 Å². The van der Waals surface area contributed by atoms with Gasteiger partial charge in [-0.15, -0.1) is 0 Å². The maximum Gasteiger partial charge on any atom is 0.251 e. The summed E-state index contributed by atoms with van der Waals surface area (Å²) >= 11 is 0. The highest BCUT2D eigenvalue weighted by Gasteiger charge is 2.35. The first kappa shape index (κ1) is 12.9. The molecule has 1 amide bonds. The Kier molecular flexibility index (Phi) is 3.60. The predicted octanol–water partition coefficient (Wildman–Crippen LogP) is 3.01. The molecule has 0 saturated heterocycles. The van der Waals surface area contributed by atoms with E-state index in [0.29, 0.717) is 16.5 Å². The fourth-order valence-electron chi connectivity index (χ4n) is 2.56. The highest BCUT2D eigenvalue weighted by atomic mass is 16.3. The number of phenolic OH excluding ortho intramolecular Hbond substituents is 1. The van der Waals surface area contributed by atoms with Crippen LogP contribution in [0.4, 0.5) is 0 Å². The SMILES string of the molecule is CCC1(CNC(=O)c2cccc(O)c2C)CCC1. The van der Waals surface area contributed by atoms with Gasteiger partial charge in [0.2, 0.25) is 0 Å². The molecule has 2 rings (SSSR count). The van der Waals surface area contributed by atoms with E-state index in [-0.39, 0.29) is 11.7 Å². The van der Waals surface area contributed by atoms with Gasteiger partial charge in [-0.1, -0.05) is 19.4 Å². The number of hydrogen-bond acceptors (Lipinski definition) is 2. The van der Waals surface area contributed by atoms with Crippen molar-refractivity contribution in [2.45, 2.75) is 39.5 Å². The van der Waals surface area contributed by atoms with Gasteiger partial charge in [0.15, 0.2) is 0 Å². The highest BCUT2D eigenvalue weighted by molar-refractivity contribution is 5.96. The average molecular weight is 247 g/mol. The summed E-state index contributed by atoms with van der Waals surface area (Å²) in [4.78, 5) is 12.1. The largest absolute Gasteiger partial charge is 0.508 e. The van der Waals surface area contributed by atoms with Crippen molar-refractivity contribution in [3.05, 3.63) is 29.3 Å². The second kappa shape index (κ2) is 5.01. The van der Waals surface area contributed by atoms with E-state index >= 15 is 0 Å². The van der Waals surface area contributed by atoms with E-state index in [1.54, 1.807) is 25.1 Å². The Morgan fingerprint density at radius 2 is 2.17 bits per heavy atom. The first-order chi connectivity index (χ1) is 8.58. The zero-order chi connectivity index (χ0) is 13.2. The molecule has 0 bridgehead atoms. The van der Waals surface area contributed by atoms with Crippen molar-refractivity contribution in [1.29, 1.82) is 0 Å². The van der Waals surface area contributed by atoms with Crippen LogP contribution in [0.1, 0.15) is 48.5 Å². The van der Waals surface area contributed by atoms with E-state index in [1.165, 1.54) is 19.3 Å². The van der Waals surface area contributed by atoms with Crippen LogP contribution in [-0.2, 0) is 0 Å². The Hall–Kier alpha value is -1.51. The van der Waals surface area contributed by atoms with Crippen LogP contribution >= 0.6 is 0 Å². The van der Waals surface area contributed by atoms with Crippen molar-refractivity contribution in [3.63, 3.8) is 0 Å². The monoisotopic (exact) mass is 247 g/mol. The molecule has 0 atom stereocenters. The van der Waals surface area contributed by atoms with Crippen LogP contribution in [0.5, 0.6) is 5.75 Å². The second-order valence-corrected chi connectivity index (χ2v) is 5.34. The molecular formula is C15H21NO2. The zero-order valence-corrected chi connectivity index (χ0v) is 11.1. The second-order valence-electron chi connectivity index (χ2n) is 5.34. The Balaban J connectivity index is 2.02. The molecule has 98 valence electrons. The molecule has 1 aromatic carbocycles. The molecule has 0 aliphatic heterocycles. The van der Waals surface area contributed by atoms with Gasteiger partial charge in [0.25, 0.3) is 5.91 Å². The van der Waals surface area contributed by atoms with Crippen LogP contribution in [0.25, 0.3) is 0 Å². The molecule has 0 unspecified atom stereocenters. The predicted molar refractivity (Wildman–Crippen MR) is 71.8 cm³/mol. The molecule has 3 heteroatoms. The zero-order valence-electron chi connectivity index (χ0n) is 11.1. The fraction of sp³-hybridized carbons (Fsp3) is 0.533. The van der Waals surface area contributed by atoms with Gasteiger partial charge in [0.05, 0.1) is 0 Å². The number of carbonyl (C=O) groups excluding carboxylic acids is 1. The minimum Gasteiger partial charge on any atom is -0.508 e. The van der Waals surface area contributed by atoms with Gasteiger partial charge in [-0.05, 0) is 43.7 Å². The van der Waals surface area contributed by atoms with Gasteiger partial charge < -0.3 is 10.4 Å². The van der Waals surface area contributed by atoms with E-state index in [4.69, 9.17) is 0 Å². The Bertz CT molecular complexity index is 444. The van der Waals surface area contributed by atoms with Crippen molar-refractivity contribution in [1.82, 2.24) is 5.32 Å². The van der Waals surface area contributed by atoms with Crippen LogP contribution in [0.2, 0.25) is 0 Å². The highest BCUT2D eigenvalue weighted by Crippen LogP contribution is 2.43. The van der Waals surface area contributed by atoms with Crippen molar-refractivity contribution in [3.8, 4) is 5.75 Å². The Morgan fingerprint density at radius 3 is 2.72 bits per heavy atom. The number of aromatic hydroxyl groups is 1. The number of phenols is 1. The van der Waals surface area contributed by atoms with E-state index in [1.807, 2.05) is 0 Å². The molecule has 0 spiro atoms. The lowest BCUT2D eigenvalue weighted by Gasteiger charge is -2.41. The Morgan fingerprint density at radius 1 is 1.44 bits per heavy atom. The molecular weight excluding hydrogens is 226 g/mol. The molecule has 1 aromatic rings. The molecule has 1 fully saturated rings. The van der Waals surface area contributed by atoms with E-state index < -0.39 is 0 Å². The van der Waals surface area contributed by atoms with E-state index in [2.05, 4.69) is 12.2 Å². The number of carbonyl (C=O) groups is 1. The number of rotatable bonds is 4. The number of nitrogens with one attached hydrogen (secondary N) is 1. The quantitative estimate of drug-likeness (QED) is 0.859. The van der Waals surface area contributed by atoms with Crippen molar-refractivity contribution < 1.29 is 9.90 Å². The van der Waals surface area contributed by atoms with Gasteiger partial charge in [0.1, 0.15) is 5.75 Å². The first-order valence-corrected chi connectivity index (χ1v) is 6.65. The molecule has 2 N–H and O–H groups in total. The molecule has 0 heterocycles. The lowest BCUT2D eigenvalue weighted by molar-refractivity contribution is 0.0849. The van der Waals surface area contributed by atoms with Crippen molar-refractivity contribution in [2.75, 3.05) is 6.54 Å². The molecule has 0 aromatic heterocycles. The van der Waals surface area contributed by atoms with Crippen LogP contribution in [0.15, 0.2) is 18.2 Å². The summed E-state index contributed by atoms with van der Waals surface area (Å²) in [7, 11) is 0. The summed E-state index contributed by atoms with van der Waals surface area (Å²) in [6.07, 6.45) is 4.81. The van der Waals surface area contributed by atoms with Gasteiger partial charge >= 0.3 is 0 Å². The summed E-state index contributed by atoms with van der Waals surface area (Å²) in [6.45, 7) is 4.70. The lowest BCUT2D eigenvalue weighted by Crippen LogP contribution is -2.41. The maximum atomic E-state index is 12.1. The topological polar surface area (TPSA) is 49.3 Å². The lowest BCUT2D eigenvalue weighted by atomic mass is 9.67. The molecule has 1 aliphatic rings. The van der Waals surface area contributed by atoms with Crippen LogP contribution < -0.4 is 5.32 Å². The third-order valence-electron chi connectivity index (χ3n) is 4.34. The van der Waals surface area contributed by atoms with Crippen LogP contribution in [0.3, 0.4) is 0 Å². The van der Waals surface area contributed by atoms with Crippen molar-refractivity contribution in [2.24, 2.45) is 5.41 Å². The fourth-order valence-corrected chi connectivity index (χ4v) is 2.56. The van der Waals surface area contributed by atoms with Gasteiger partial charge in [-0.3, -0.25) is 4.79 Å². The summed E-state index contributed by atoms with van der Waals surface area (Å²) in [5.41, 5.74) is 1.54. The third kappa shape index (κ3) is 2.35. The number of benzene rings is 1. The normalized spacial score (nSPS) is 17.0. The number of amides is 1. The van der Waals surface area contributed by atoms with Gasteiger partial charge in [0, 0.05) is 17.7 Å². The maximum absolute atomic E-state index is 12.1. The van der Waals surface area contributed by atoms with Gasteiger partial charge in [-0.2, -0.15) is 0 Å². The van der Waals surface area contributed by atoms with E-state index in [9.17, 15) is 9.90 Å². The molecule has 1 saturated carbocycles. The minimum atomic E-state index is -0.0804. The summed E-state index contributed by atoms with van der Waals surface area (Å²) in [5, 5.41) is 12.6. The molecule has 1 aliphatic carbocycles. The Labute approximate surface area is 108 Å². The smallest absolute Gasteiger partial charge is 0.251 e.